The van der Waals surface area contributed by atoms with Crippen LogP contribution in [-0.2, 0) is 6.54 Å². The number of carboxylic acid groups (broad SMARTS) is 1. The van der Waals surface area contributed by atoms with E-state index in [2.05, 4.69) is 4.98 Å². The summed E-state index contributed by atoms with van der Waals surface area (Å²) in [5.74, 6) is -0.405. The lowest BCUT2D eigenvalue weighted by Gasteiger charge is -2.21. The van der Waals surface area contributed by atoms with Crippen molar-refractivity contribution >= 4 is 40.5 Å². The average molecular weight is 464 g/mol. The van der Waals surface area contributed by atoms with E-state index in [0.29, 0.717) is 40.9 Å². The van der Waals surface area contributed by atoms with Gasteiger partial charge < -0.3 is 14.4 Å². The molecule has 0 unspecified atom stereocenters. The van der Waals surface area contributed by atoms with E-state index in [0.717, 1.165) is 11.1 Å². The first kappa shape index (κ1) is 22.3. The minimum Gasteiger partial charge on any atom is -0.478 e. The second-order valence-electron chi connectivity index (χ2n) is 7.35. The van der Waals surface area contributed by atoms with Crippen LogP contribution in [0.3, 0.4) is 0 Å². The predicted molar refractivity (Wildman–Crippen MR) is 127 cm³/mol. The van der Waals surface area contributed by atoms with E-state index in [-0.39, 0.29) is 16.2 Å². The molecule has 8 nitrogen and oxygen atoms in total. The molecule has 0 aliphatic carbocycles. The zero-order chi connectivity index (χ0) is 23.4. The number of nitro groups is 1. The van der Waals surface area contributed by atoms with Crippen LogP contribution in [0.4, 0.5) is 11.7 Å². The van der Waals surface area contributed by atoms with Gasteiger partial charge in [-0.2, -0.15) is 4.98 Å². The van der Waals surface area contributed by atoms with Crippen molar-refractivity contribution in [2.75, 3.05) is 17.2 Å². The minimum atomic E-state index is -0.971. The van der Waals surface area contributed by atoms with Gasteiger partial charge in [-0.25, -0.2) is 4.79 Å². The fourth-order valence-corrected chi connectivity index (χ4v) is 4.53. The van der Waals surface area contributed by atoms with Gasteiger partial charge in [-0.15, -0.1) is 11.8 Å². The van der Waals surface area contributed by atoms with E-state index >= 15 is 0 Å². The number of hydrogen-bond acceptors (Lipinski definition) is 7. The maximum atomic E-state index is 11.5. The maximum Gasteiger partial charge on any atom is 0.336 e. The fourth-order valence-electron chi connectivity index (χ4n) is 3.52. The Kier molecular flexibility index (Phi) is 6.60. The van der Waals surface area contributed by atoms with Crippen molar-refractivity contribution in [1.29, 1.82) is 0 Å². The first-order chi connectivity index (χ1) is 15.9. The van der Waals surface area contributed by atoms with Crippen LogP contribution in [0.2, 0.25) is 0 Å². The molecule has 3 aromatic carbocycles. The summed E-state index contributed by atoms with van der Waals surface area (Å²) >= 11 is 1.43. The van der Waals surface area contributed by atoms with E-state index < -0.39 is 5.97 Å². The molecule has 168 valence electrons. The summed E-state index contributed by atoms with van der Waals surface area (Å²) in [5, 5.41) is 20.8. The van der Waals surface area contributed by atoms with E-state index in [9.17, 15) is 20.0 Å². The Labute approximate surface area is 194 Å². The third kappa shape index (κ3) is 4.98. The summed E-state index contributed by atoms with van der Waals surface area (Å²) < 4.78 is 5.96. The highest BCUT2D eigenvalue weighted by molar-refractivity contribution is 7.99. The van der Waals surface area contributed by atoms with Crippen molar-refractivity contribution in [3.05, 3.63) is 93.5 Å². The SMILES string of the molecule is Cc1c(CN(CCSc2ccccc2C(=O)O)c2nc3ccccc3o2)cccc1[N+](=O)[O-]. The first-order valence-electron chi connectivity index (χ1n) is 10.2. The smallest absolute Gasteiger partial charge is 0.336 e. The highest BCUT2D eigenvalue weighted by Crippen LogP contribution is 2.28. The number of thioether (sulfide) groups is 1. The molecule has 0 radical (unpaired) electrons. The molecule has 0 bridgehead atoms. The number of carboxylic acids is 1. The van der Waals surface area contributed by atoms with Gasteiger partial charge in [0.15, 0.2) is 5.58 Å². The molecule has 1 aromatic heterocycles. The van der Waals surface area contributed by atoms with Crippen molar-refractivity contribution in [2.24, 2.45) is 0 Å². The van der Waals surface area contributed by atoms with E-state index in [1.807, 2.05) is 35.2 Å². The summed E-state index contributed by atoms with van der Waals surface area (Å²) in [4.78, 5) is 29.7. The molecule has 1 heterocycles. The lowest BCUT2D eigenvalue weighted by Crippen LogP contribution is -2.26. The number of carbonyl (C=O) groups is 1. The molecular formula is C24H21N3O5S. The van der Waals surface area contributed by atoms with Crippen molar-refractivity contribution in [1.82, 2.24) is 4.98 Å². The molecule has 0 saturated heterocycles. The van der Waals surface area contributed by atoms with Gasteiger partial charge in [0.25, 0.3) is 11.7 Å². The van der Waals surface area contributed by atoms with E-state index in [4.69, 9.17) is 4.42 Å². The Balaban J connectivity index is 1.60. The number of aromatic carboxylic acids is 1. The van der Waals surface area contributed by atoms with Crippen LogP contribution in [0.1, 0.15) is 21.5 Å². The molecule has 4 aromatic rings. The van der Waals surface area contributed by atoms with Crippen molar-refractivity contribution in [2.45, 2.75) is 18.4 Å². The zero-order valence-corrected chi connectivity index (χ0v) is 18.6. The number of fused-ring (bicyclic) bond motifs is 1. The van der Waals surface area contributed by atoms with Crippen molar-refractivity contribution < 1.29 is 19.2 Å². The summed E-state index contributed by atoms with van der Waals surface area (Å²) in [6.45, 7) is 2.59. The van der Waals surface area contributed by atoms with Gasteiger partial charge in [0.05, 0.1) is 10.5 Å². The fraction of sp³-hybridized carbons (Fsp3) is 0.167. The monoisotopic (exact) mass is 463 g/mol. The quantitative estimate of drug-likeness (QED) is 0.196. The van der Waals surface area contributed by atoms with Gasteiger partial charge >= 0.3 is 5.97 Å². The highest BCUT2D eigenvalue weighted by atomic mass is 32.2. The Bertz CT molecular complexity index is 1290. The number of benzene rings is 3. The average Bonchev–Trinajstić information content (AvgIpc) is 3.24. The zero-order valence-electron chi connectivity index (χ0n) is 17.8. The number of nitro benzene ring substituents is 1. The molecule has 33 heavy (non-hydrogen) atoms. The number of hydrogen-bond donors (Lipinski definition) is 1. The highest BCUT2D eigenvalue weighted by Gasteiger charge is 2.19. The molecule has 0 spiro atoms. The standard InChI is InChI=1S/C24H21N3O5S/c1-16-17(7-6-10-20(16)27(30)31)15-26(24-25-19-9-3-4-11-21(19)32-24)13-14-33-22-12-5-2-8-18(22)23(28)29/h2-12H,13-15H2,1H3,(H,28,29). The van der Waals surface area contributed by atoms with Gasteiger partial charge in [-0.05, 0) is 36.8 Å². The molecule has 0 aliphatic rings. The Hall–Kier alpha value is -3.85. The second-order valence-corrected chi connectivity index (χ2v) is 8.49. The predicted octanol–water partition coefficient (Wildman–Crippen LogP) is 5.54. The molecular weight excluding hydrogens is 442 g/mol. The summed E-state index contributed by atoms with van der Waals surface area (Å²) in [6, 6.07) is 19.7. The Morgan fingerprint density at radius 3 is 2.64 bits per heavy atom. The summed E-state index contributed by atoms with van der Waals surface area (Å²) in [6.07, 6.45) is 0. The summed E-state index contributed by atoms with van der Waals surface area (Å²) in [5.41, 5.74) is 3.07. The number of rotatable bonds is 9. The topological polar surface area (TPSA) is 110 Å². The molecule has 9 heteroatoms. The molecule has 0 fully saturated rings. The van der Waals surface area contributed by atoms with Crippen LogP contribution in [-0.4, -0.2) is 33.3 Å². The molecule has 1 N–H and O–H groups in total. The number of aromatic nitrogens is 1. The number of para-hydroxylation sites is 2. The van der Waals surface area contributed by atoms with Crippen LogP contribution < -0.4 is 4.90 Å². The third-order valence-corrected chi connectivity index (χ3v) is 6.32. The second kappa shape index (κ2) is 9.74. The van der Waals surface area contributed by atoms with Gasteiger partial charge in [-0.3, -0.25) is 10.1 Å². The van der Waals surface area contributed by atoms with Crippen LogP contribution in [0.15, 0.2) is 76.0 Å². The van der Waals surface area contributed by atoms with Crippen LogP contribution in [0.25, 0.3) is 11.1 Å². The molecule has 0 amide bonds. The third-order valence-electron chi connectivity index (χ3n) is 5.26. The summed E-state index contributed by atoms with van der Waals surface area (Å²) in [7, 11) is 0. The van der Waals surface area contributed by atoms with Crippen LogP contribution >= 0.6 is 11.8 Å². The van der Waals surface area contributed by atoms with Gasteiger partial charge in [0.2, 0.25) is 0 Å². The van der Waals surface area contributed by atoms with Crippen molar-refractivity contribution in [3.63, 3.8) is 0 Å². The molecule has 0 atom stereocenters. The van der Waals surface area contributed by atoms with E-state index in [1.165, 1.54) is 17.8 Å². The normalized spacial score (nSPS) is 10.9. The Morgan fingerprint density at radius 1 is 1.12 bits per heavy atom. The number of oxazole rings is 1. The van der Waals surface area contributed by atoms with Gasteiger partial charge in [0, 0.05) is 35.4 Å². The van der Waals surface area contributed by atoms with Crippen LogP contribution in [0, 0.1) is 17.0 Å². The van der Waals surface area contributed by atoms with Crippen LogP contribution in [0.5, 0.6) is 0 Å². The molecule has 0 saturated carbocycles. The molecule has 0 aliphatic heterocycles. The number of anilines is 1. The first-order valence-corrected chi connectivity index (χ1v) is 11.2. The largest absolute Gasteiger partial charge is 0.478 e. The van der Waals surface area contributed by atoms with Gasteiger partial charge in [0.1, 0.15) is 5.52 Å². The van der Waals surface area contributed by atoms with Gasteiger partial charge in [-0.1, -0.05) is 36.4 Å². The van der Waals surface area contributed by atoms with E-state index in [1.54, 1.807) is 37.3 Å². The number of nitrogens with zero attached hydrogens (tertiary/aromatic N) is 3. The lowest BCUT2D eigenvalue weighted by atomic mass is 10.1. The minimum absolute atomic E-state index is 0.0646. The Morgan fingerprint density at radius 2 is 1.88 bits per heavy atom. The van der Waals surface area contributed by atoms with Crippen molar-refractivity contribution in [3.8, 4) is 0 Å². The lowest BCUT2D eigenvalue weighted by molar-refractivity contribution is -0.385. The molecule has 4 rings (SSSR count). The maximum absolute atomic E-state index is 11.5.